The molecule has 1 fully saturated rings. The van der Waals surface area contributed by atoms with Gasteiger partial charge in [-0.1, -0.05) is 104 Å². The van der Waals surface area contributed by atoms with Crippen molar-refractivity contribution in [3.05, 3.63) is 83.1 Å². The number of hydrogen-bond donors (Lipinski definition) is 0. The van der Waals surface area contributed by atoms with Crippen molar-refractivity contribution in [2.75, 3.05) is 0 Å². The smallest absolute Gasteiger partial charge is 0.131 e. The van der Waals surface area contributed by atoms with Crippen LogP contribution in [0.3, 0.4) is 0 Å². The molecule has 1 aliphatic heterocycles. The quantitative estimate of drug-likeness (QED) is 0.315. The summed E-state index contributed by atoms with van der Waals surface area (Å²) in [7, 11) is -0.405. The molecule has 1 heterocycles. The summed E-state index contributed by atoms with van der Waals surface area (Å²) in [5, 5.41) is 0.730. The van der Waals surface area contributed by atoms with Gasteiger partial charge in [0, 0.05) is 19.4 Å². The molecule has 0 aliphatic carbocycles. The molecule has 1 aliphatic rings. The van der Waals surface area contributed by atoms with Crippen LogP contribution in [0.25, 0.3) is 22.3 Å². The Kier molecular flexibility index (Phi) is 7.63. The minimum atomic E-state index is -0.405. The summed E-state index contributed by atoms with van der Waals surface area (Å²) in [4.78, 5) is 0. The van der Waals surface area contributed by atoms with Gasteiger partial charge in [0.2, 0.25) is 0 Å². The molecule has 1 saturated heterocycles. The predicted octanol–water partition coefficient (Wildman–Crippen LogP) is 8.79. The van der Waals surface area contributed by atoms with Gasteiger partial charge in [0.15, 0.2) is 0 Å². The van der Waals surface area contributed by atoms with E-state index in [-0.39, 0.29) is 5.82 Å². The maximum atomic E-state index is 14.9. The predicted molar refractivity (Wildman–Crippen MR) is 135 cm³/mol. The number of benzene rings is 3. The Labute approximate surface area is 193 Å². The van der Waals surface area contributed by atoms with Crippen molar-refractivity contribution in [3.8, 4) is 22.3 Å². The maximum absolute atomic E-state index is 14.9. The zero-order chi connectivity index (χ0) is 21.6. The first-order valence-electron chi connectivity index (χ1n) is 11.8. The molecule has 0 radical (unpaired) electrons. The minimum absolute atomic E-state index is 0.115. The number of aryl methyl sites for hydroxylation is 1. The van der Waals surface area contributed by atoms with Crippen LogP contribution >= 0.6 is 11.6 Å². The standard InChI is InChI=1S/C28H32ClFSi/c1-2-17-31-18-15-21(16-19-31)3-4-22-5-14-27(28(30)20-22)25-8-6-23(7-9-25)24-10-12-26(29)13-11-24/h5-14,20-21,31H,2-4,15-19H2,1H3/t21-,31-. The summed E-state index contributed by atoms with van der Waals surface area (Å²) < 4.78 is 14.9. The fourth-order valence-electron chi connectivity index (χ4n) is 5.02. The molecule has 0 unspecified atom stereocenters. The largest absolute Gasteiger partial charge is 0.206 e. The lowest BCUT2D eigenvalue weighted by Gasteiger charge is -2.27. The Morgan fingerprint density at radius 3 is 2.10 bits per heavy atom. The van der Waals surface area contributed by atoms with Gasteiger partial charge in [-0.2, -0.15) is 0 Å². The highest BCUT2D eigenvalue weighted by Crippen LogP contribution is 2.32. The molecule has 4 rings (SSSR count). The van der Waals surface area contributed by atoms with E-state index in [1.165, 1.54) is 43.8 Å². The Hall–Kier alpha value is -1.90. The highest BCUT2D eigenvalue weighted by molar-refractivity contribution is 6.58. The van der Waals surface area contributed by atoms with Gasteiger partial charge in [0.1, 0.15) is 5.82 Å². The molecule has 0 N–H and O–H groups in total. The maximum Gasteiger partial charge on any atom is 0.131 e. The first-order chi connectivity index (χ1) is 15.1. The van der Waals surface area contributed by atoms with E-state index in [2.05, 4.69) is 13.0 Å². The monoisotopic (exact) mass is 450 g/mol. The van der Waals surface area contributed by atoms with Crippen LogP contribution < -0.4 is 0 Å². The van der Waals surface area contributed by atoms with Gasteiger partial charge in [-0.25, -0.2) is 4.39 Å². The van der Waals surface area contributed by atoms with E-state index in [9.17, 15) is 4.39 Å². The normalized spacial score (nSPS) is 18.8. The summed E-state index contributed by atoms with van der Waals surface area (Å²) in [6.45, 7) is 2.32. The van der Waals surface area contributed by atoms with Crippen molar-refractivity contribution in [2.24, 2.45) is 5.92 Å². The van der Waals surface area contributed by atoms with Crippen LogP contribution in [0.2, 0.25) is 23.2 Å². The second kappa shape index (κ2) is 10.6. The summed E-state index contributed by atoms with van der Waals surface area (Å²) in [6.07, 6.45) is 6.41. The van der Waals surface area contributed by atoms with E-state index in [4.69, 9.17) is 11.6 Å². The lowest BCUT2D eigenvalue weighted by Crippen LogP contribution is -2.21. The third kappa shape index (κ3) is 5.87. The molecule has 0 aromatic heterocycles. The number of rotatable bonds is 7. The van der Waals surface area contributed by atoms with E-state index in [0.29, 0.717) is 5.56 Å². The van der Waals surface area contributed by atoms with Crippen LogP contribution in [-0.2, 0) is 6.42 Å². The third-order valence-electron chi connectivity index (χ3n) is 6.91. The molecule has 0 saturated carbocycles. The second-order valence-electron chi connectivity index (χ2n) is 9.11. The van der Waals surface area contributed by atoms with Gasteiger partial charge < -0.3 is 0 Å². The Bertz CT molecular complexity index is 973. The molecule has 31 heavy (non-hydrogen) atoms. The van der Waals surface area contributed by atoms with E-state index >= 15 is 0 Å². The van der Waals surface area contributed by atoms with Crippen molar-refractivity contribution in [3.63, 3.8) is 0 Å². The molecular formula is C28H32ClFSi. The molecule has 0 amide bonds. The van der Waals surface area contributed by atoms with Gasteiger partial charge >= 0.3 is 0 Å². The molecule has 3 heteroatoms. The average molecular weight is 451 g/mol. The first kappa shape index (κ1) is 22.3. The van der Waals surface area contributed by atoms with Crippen LogP contribution in [-0.4, -0.2) is 8.80 Å². The summed E-state index contributed by atoms with van der Waals surface area (Å²) in [5.41, 5.74) is 4.94. The van der Waals surface area contributed by atoms with Crippen molar-refractivity contribution < 1.29 is 4.39 Å². The topological polar surface area (TPSA) is 0 Å². The van der Waals surface area contributed by atoms with Gasteiger partial charge in [-0.05, 0) is 59.2 Å². The molecular weight excluding hydrogens is 419 g/mol. The van der Waals surface area contributed by atoms with Crippen molar-refractivity contribution in [1.82, 2.24) is 0 Å². The number of hydrogen-bond acceptors (Lipinski definition) is 0. The highest BCUT2D eigenvalue weighted by atomic mass is 35.5. The molecule has 3 aromatic carbocycles. The first-order valence-corrected chi connectivity index (χ1v) is 14.6. The third-order valence-corrected chi connectivity index (χ3v) is 10.9. The average Bonchev–Trinajstić information content (AvgIpc) is 2.80. The molecule has 0 spiro atoms. The lowest BCUT2D eigenvalue weighted by molar-refractivity contribution is 0.437. The van der Waals surface area contributed by atoms with Crippen LogP contribution in [0.4, 0.5) is 4.39 Å². The van der Waals surface area contributed by atoms with E-state index in [1.54, 1.807) is 6.07 Å². The Morgan fingerprint density at radius 1 is 0.871 bits per heavy atom. The van der Waals surface area contributed by atoms with Crippen LogP contribution in [0.5, 0.6) is 0 Å². The second-order valence-corrected chi connectivity index (χ2v) is 13.0. The van der Waals surface area contributed by atoms with Crippen LogP contribution in [0.15, 0.2) is 66.7 Å². The molecule has 0 atom stereocenters. The van der Waals surface area contributed by atoms with Gasteiger partial charge in [-0.3, -0.25) is 0 Å². The SMILES string of the molecule is CCC[Si@H]1CC[C@H](CCc2ccc(-c3ccc(-c4ccc(Cl)cc4)cc3)c(F)c2)CC1. The van der Waals surface area contributed by atoms with Gasteiger partial charge in [0.05, 0.1) is 0 Å². The van der Waals surface area contributed by atoms with E-state index < -0.39 is 8.80 Å². The molecule has 162 valence electrons. The summed E-state index contributed by atoms with van der Waals surface area (Å²) in [6, 6.07) is 26.3. The molecule has 0 nitrogen and oxygen atoms in total. The van der Waals surface area contributed by atoms with Crippen molar-refractivity contribution >= 4 is 20.4 Å². The zero-order valence-electron chi connectivity index (χ0n) is 18.4. The fourth-order valence-corrected chi connectivity index (χ4v) is 8.71. The van der Waals surface area contributed by atoms with Crippen molar-refractivity contribution in [2.45, 2.75) is 57.2 Å². The lowest BCUT2D eigenvalue weighted by atomic mass is 9.93. The number of halogens is 2. The Balaban J connectivity index is 1.37. The molecule has 0 bridgehead atoms. The van der Waals surface area contributed by atoms with E-state index in [1.807, 2.05) is 54.6 Å². The molecule has 3 aromatic rings. The summed E-state index contributed by atoms with van der Waals surface area (Å²) >= 11 is 5.98. The zero-order valence-corrected chi connectivity index (χ0v) is 20.3. The van der Waals surface area contributed by atoms with Gasteiger partial charge in [-0.15, -0.1) is 0 Å². The van der Waals surface area contributed by atoms with Gasteiger partial charge in [0.25, 0.3) is 0 Å². The fraction of sp³-hybridized carbons (Fsp3) is 0.357. The van der Waals surface area contributed by atoms with Crippen LogP contribution in [0.1, 0.15) is 38.2 Å². The van der Waals surface area contributed by atoms with Crippen LogP contribution in [0, 0.1) is 11.7 Å². The highest BCUT2D eigenvalue weighted by Gasteiger charge is 2.21. The van der Waals surface area contributed by atoms with E-state index in [0.717, 1.165) is 39.6 Å². The minimum Gasteiger partial charge on any atom is -0.206 e. The summed E-state index contributed by atoms with van der Waals surface area (Å²) in [5.74, 6) is 0.736. The van der Waals surface area contributed by atoms with Crippen molar-refractivity contribution in [1.29, 1.82) is 0 Å². The Morgan fingerprint density at radius 2 is 1.48 bits per heavy atom.